The molecule has 0 saturated carbocycles. The normalized spacial score (nSPS) is 22.2. The van der Waals surface area contributed by atoms with Gasteiger partial charge in [0.2, 0.25) is 11.6 Å². The summed E-state index contributed by atoms with van der Waals surface area (Å²) in [6, 6.07) is 10.8. The van der Waals surface area contributed by atoms with Crippen molar-refractivity contribution in [2.45, 2.75) is 38.6 Å². The molecule has 2 atom stereocenters. The minimum Gasteiger partial charge on any atom is -0.330 e. The molecule has 0 spiro atoms. The molecule has 1 aromatic carbocycles. The van der Waals surface area contributed by atoms with Crippen LogP contribution in [0.2, 0.25) is 0 Å². The van der Waals surface area contributed by atoms with Gasteiger partial charge in [-0.1, -0.05) is 19.9 Å². The minimum absolute atomic E-state index is 0.122. The standard InChI is InChI=1S/C28H29N7O2/c1-3-6-19-12-13-31-24(17-19)32-28(37)21-10-8-20(9-11-21)27-33-26(23-18-30-14-16-35(23,27)29)22-7-5-15-34(22)25(36)4-2/h4,8-14,16-18,22H,2-3,5-7,15,29H2,1H3/p+1. The lowest BCUT2D eigenvalue weighted by atomic mass is 10.1. The summed E-state index contributed by atoms with van der Waals surface area (Å²) in [5.41, 5.74) is 3.86. The first-order valence-corrected chi connectivity index (χ1v) is 12.5. The van der Waals surface area contributed by atoms with E-state index in [2.05, 4.69) is 28.8 Å². The molecule has 0 aliphatic carbocycles. The smallest absolute Gasteiger partial charge is 0.264 e. The number of allylic oxidation sites excluding steroid dienone is 1. The summed E-state index contributed by atoms with van der Waals surface area (Å²) in [6.07, 6.45) is 11.8. The Hall–Kier alpha value is -4.21. The number of hydrogen-bond acceptors (Lipinski definition) is 6. The van der Waals surface area contributed by atoms with Gasteiger partial charge in [0.25, 0.3) is 11.7 Å². The number of carbonyl (C=O) groups is 2. The Bertz CT molecular complexity index is 1370. The molecule has 9 nitrogen and oxygen atoms in total. The van der Waals surface area contributed by atoms with Crippen molar-refractivity contribution < 1.29 is 14.2 Å². The zero-order chi connectivity index (χ0) is 26.0. The average molecular weight is 497 g/mol. The van der Waals surface area contributed by atoms with Crippen LogP contribution < -0.4 is 11.2 Å². The molecule has 3 aliphatic rings. The first-order valence-electron chi connectivity index (χ1n) is 12.5. The molecule has 5 rings (SSSR count). The maximum Gasteiger partial charge on any atom is 0.264 e. The third-order valence-corrected chi connectivity index (χ3v) is 6.86. The van der Waals surface area contributed by atoms with E-state index in [0.717, 1.165) is 48.2 Å². The lowest BCUT2D eigenvalue weighted by Crippen LogP contribution is -2.53. The van der Waals surface area contributed by atoms with Crippen molar-refractivity contribution in [1.29, 1.82) is 0 Å². The number of amidine groups is 1. The number of quaternary nitrogens is 1. The van der Waals surface area contributed by atoms with Crippen molar-refractivity contribution in [2.24, 2.45) is 15.8 Å². The highest BCUT2D eigenvalue weighted by molar-refractivity contribution is 6.05. The molecular formula is C28H30N7O2+. The number of nitrogens with zero attached hydrogens (tertiary/aromatic N) is 5. The van der Waals surface area contributed by atoms with Crippen LogP contribution in [0.1, 0.15) is 47.7 Å². The molecule has 1 saturated heterocycles. The van der Waals surface area contributed by atoms with E-state index in [1.807, 2.05) is 24.3 Å². The van der Waals surface area contributed by atoms with Crippen LogP contribution in [-0.2, 0) is 11.2 Å². The summed E-state index contributed by atoms with van der Waals surface area (Å²) >= 11 is 0. The molecule has 37 heavy (non-hydrogen) atoms. The molecule has 4 heterocycles. The van der Waals surface area contributed by atoms with E-state index in [1.165, 1.54) is 6.08 Å². The van der Waals surface area contributed by atoms with Gasteiger partial charge in [0, 0.05) is 18.3 Å². The molecular weight excluding hydrogens is 466 g/mol. The predicted molar refractivity (Wildman–Crippen MR) is 143 cm³/mol. The average Bonchev–Trinajstić information content (AvgIpc) is 3.51. The second kappa shape index (κ2) is 10.0. The number of carbonyl (C=O) groups excluding carboxylic acids is 2. The summed E-state index contributed by atoms with van der Waals surface area (Å²) in [7, 11) is 0. The van der Waals surface area contributed by atoms with E-state index < -0.39 is 0 Å². The third kappa shape index (κ3) is 4.54. The summed E-state index contributed by atoms with van der Waals surface area (Å²) < 4.78 is -0.148. The molecule has 3 aliphatic heterocycles. The monoisotopic (exact) mass is 496 g/mol. The first-order chi connectivity index (χ1) is 17.9. The van der Waals surface area contributed by atoms with E-state index in [-0.39, 0.29) is 22.4 Å². The van der Waals surface area contributed by atoms with Gasteiger partial charge in [-0.05, 0) is 67.3 Å². The lowest BCUT2D eigenvalue weighted by Gasteiger charge is -2.27. The van der Waals surface area contributed by atoms with Gasteiger partial charge in [-0.2, -0.15) is 10.8 Å². The molecule has 2 amide bonds. The van der Waals surface area contributed by atoms with Gasteiger partial charge in [-0.15, -0.1) is 4.59 Å². The number of benzene rings is 1. The van der Waals surface area contributed by atoms with Crippen molar-refractivity contribution in [3.8, 4) is 0 Å². The Morgan fingerprint density at radius 3 is 2.84 bits per heavy atom. The Morgan fingerprint density at radius 1 is 1.27 bits per heavy atom. The summed E-state index contributed by atoms with van der Waals surface area (Å²) in [5, 5.41) is 2.87. The van der Waals surface area contributed by atoms with Gasteiger partial charge in [0.15, 0.2) is 0 Å². The number of aliphatic imine (C=N–C) groups is 2. The fourth-order valence-corrected chi connectivity index (χ4v) is 5.03. The van der Waals surface area contributed by atoms with Gasteiger partial charge in [0.05, 0.1) is 24.0 Å². The van der Waals surface area contributed by atoms with Crippen LogP contribution >= 0.6 is 0 Å². The van der Waals surface area contributed by atoms with Crippen LogP contribution in [0.15, 0.2) is 89.0 Å². The topological polar surface area (TPSA) is 113 Å². The van der Waals surface area contributed by atoms with Crippen molar-refractivity contribution >= 4 is 29.7 Å². The van der Waals surface area contributed by atoms with Crippen LogP contribution in [0.25, 0.3) is 0 Å². The second-order valence-electron chi connectivity index (χ2n) is 9.28. The Labute approximate surface area is 216 Å². The number of pyridine rings is 1. The van der Waals surface area contributed by atoms with Crippen molar-refractivity contribution in [3.63, 3.8) is 0 Å². The molecule has 0 bridgehead atoms. The van der Waals surface area contributed by atoms with Gasteiger partial charge >= 0.3 is 0 Å². The molecule has 1 aromatic heterocycles. The molecule has 2 unspecified atom stereocenters. The van der Waals surface area contributed by atoms with E-state index >= 15 is 0 Å². The number of nitrogens with two attached hydrogens (primary N) is 1. The lowest BCUT2D eigenvalue weighted by molar-refractivity contribution is -0.750. The third-order valence-electron chi connectivity index (χ3n) is 6.86. The number of anilines is 1. The van der Waals surface area contributed by atoms with E-state index in [1.54, 1.807) is 41.8 Å². The summed E-state index contributed by atoms with van der Waals surface area (Å²) in [4.78, 5) is 40.6. The maximum atomic E-state index is 12.9. The highest BCUT2D eigenvalue weighted by Crippen LogP contribution is 2.37. The van der Waals surface area contributed by atoms with Gasteiger partial charge in [-0.3, -0.25) is 14.6 Å². The van der Waals surface area contributed by atoms with E-state index in [9.17, 15) is 9.59 Å². The number of fused-ring (bicyclic) bond motifs is 1. The molecule has 3 N–H and O–H groups in total. The Morgan fingerprint density at radius 2 is 2.08 bits per heavy atom. The maximum absolute atomic E-state index is 12.9. The zero-order valence-corrected chi connectivity index (χ0v) is 20.8. The van der Waals surface area contributed by atoms with Gasteiger partial charge in [0.1, 0.15) is 17.7 Å². The fraction of sp³-hybridized carbons (Fsp3) is 0.250. The van der Waals surface area contributed by atoms with Crippen molar-refractivity contribution in [3.05, 3.63) is 95.7 Å². The number of amides is 2. The largest absolute Gasteiger partial charge is 0.330 e. The van der Waals surface area contributed by atoms with Gasteiger partial charge < -0.3 is 10.2 Å². The van der Waals surface area contributed by atoms with Crippen molar-refractivity contribution in [2.75, 3.05) is 11.9 Å². The van der Waals surface area contributed by atoms with Crippen LogP contribution in [-0.4, -0.2) is 50.9 Å². The van der Waals surface area contributed by atoms with Crippen LogP contribution in [0.5, 0.6) is 0 Å². The highest BCUT2D eigenvalue weighted by Gasteiger charge is 2.48. The molecule has 9 heteroatoms. The van der Waals surface area contributed by atoms with E-state index in [0.29, 0.717) is 23.8 Å². The number of rotatable bonds is 7. The summed E-state index contributed by atoms with van der Waals surface area (Å²) in [5.74, 6) is 7.61. The predicted octanol–water partition coefficient (Wildman–Crippen LogP) is 3.68. The molecule has 2 aromatic rings. The number of aromatic nitrogens is 1. The molecule has 0 radical (unpaired) electrons. The Balaban J connectivity index is 1.41. The zero-order valence-electron chi connectivity index (χ0n) is 20.8. The van der Waals surface area contributed by atoms with Gasteiger partial charge in [-0.25, -0.2) is 4.98 Å². The quantitative estimate of drug-likeness (QED) is 0.346. The van der Waals surface area contributed by atoms with E-state index in [4.69, 9.17) is 10.8 Å². The number of aryl methyl sites for hydroxylation is 1. The summed E-state index contributed by atoms with van der Waals surface area (Å²) in [6.45, 7) is 6.40. The SMILES string of the molecule is C=CC(=O)N1CCCC1C1=C2C=NC=C[N+]2(N)C(c2ccc(C(=O)Nc3cc(CCC)ccn3)cc2)=N1. The van der Waals surface area contributed by atoms with Crippen LogP contribution in [0.4, 0.5) is 5.82 Å². The molecule has 1 fully saturated rings. The van der Waals surface area contributed by atoms with Crippen LogP contribution in [0.3, 0.4) is 0 Å². The number of hydrogen-bond donors (Lipinski definition) is 2. The Kier molecular flexibility index (Phi) is 6.64. The highest BCUT2D eigenvalue weighted by atomic mass is 16.2. The van der Waals surface area contributed by atoms with Crippen molar-refractivity contribution in [1.82, 2.24) is 9.88 Å². The van der Waals surface area contributed by atoms with Crippen LogP contribution in [0, 0.1) is 0 Å². The minimum atomic E-state index is -0.244. The second-order valence-corrected chi connectivity index (χ2v) is 9.28. The first kappa shape index (κ1) is 24.5. The number of likely N-dealkylation sites (tertiary alicyclic amines) is 1. The fourth-order valence-electron chi connectivity index (χ4n) is 5.03. The number of nitrogens with one attached hydrogen (secondary N) is 1. The molecule has 188 valence electrons.